The summed E-state index contributed by atoms with van der Waals surface area (Å²) in [7, 11) is -2.00. The highest BCUT2D eigenvalue weighted by Gasteiger charge is 2.72. The van der Waals surface area contributed by atoms with E-state index in [-0.39, 0.29) is 16.6 Å². The fourth-order valence-electron chi connectivity index (χ4n) is 3.87. The average Bonchev–Trinajstić information content (AvgIpc) is 2.79. The Balaban J connectivity index is 1.65. The number of fused-ring (bicyclic) bond motifs is 2. The zero-order chi connectivity index (χ0) is 18.8. The summed E-state index contributed by atoms with van der Waals surface area (Å²) >= 11 is 0. The molecule has 0 spiro atoms. The van der Waals surface area contributed by atoms with Crippen molar-refractivity contribution in [2.75, 3.05) is 6.61 Å². The standard InChI is InChI=1S/C22H30O3Si/c1-20(2,3)26(5,6)25-22-21(4,13-14-23-22)19(24-22)18-12-11-16-9-7-8-10-17(16)15-18/h7-12,15,19H,13-14H2,1-6H3/t19-,21-,22-/m1/s1. The minimum atomic E-state index is -2.00. The normalized spacial score (nSPS) is 31.7. The van der Waals surface area contributed by atoms with Gasteiger partial charge >= 0.3 is 0 Å². The lowest BCUT2D eigenvalue weighted by molar-refractivity contribution is -0.480. The summed E-state index contributed by atoms with van der Waals surface area (Å²) in [4.78, 5) is 0. The maximum atomic E-state index is 6.69. The molecule has 3 nitrogen and oxygen atoms in total. The lowest BCUT2D eigenvalue weighted by atomic mass is 9.72. The van der Waals surface area contributed by atoms with Gasteiger partial charge in [0, 0.05) is 0 Å². The summed E-state index contributed by atoms with van der Waals surface area (Å²) in [6, 6.07) is 15.1. The van der Waals surface area contributed by atoms with E-state index in [4.69, 9.17) is 13.9 Å². The summed E-state index contributed by atoms with van der Waals surface area (Å²) in [5.74, 6) is -0.883. The van der Waals surface area contributed by atoms with Gasteiger partial charge in [-0.15, -0.1) is 0 Å². The Labute approximate surface area is 157 Å². The Bertz CT molecular complexity index is 841. The molecule has 0 unspecified atom stereocenters. The minimum Gasteiger partial charge on any atom is -0.368 e. The maximum absolute atomic E-state index is 6.69. The molecule has 3 atom stereocenters. The maximum Gasteiger partial charge on any atom is 0.282 e. The van der Waals surface area contributed by atoms with Crippen LogP contribution in [0.2, 0.25) is 18.1 Å². The Morgan fingerprint density at radius 1 is 1.08 bits per heavy atom. The van der Waals surface area contributed by atoms with Gasteiger partial charge in [-0.2, -0.15) is 0 Å². The van der Waals surface area contributed by atoms with Crippen molar-refractivity contribution in [3.8, 4) is 0 Å². The molecular weight excluding hydrogens is 340 g/mol. The highest BCUT2D eigenvalue weighted by Crippen LogP contribution is 2.66. The van der Waals surface area contributed by atoms with Crippen molar-refractivity contribution >= 4 is 19.1 Å². The van der Waals surface area contributed by atoms with Crippen molar-refractivity contribution in [2.45, 2.75) is 64.3 Å². The second kappa shape index (κ2) is 5.65. The van der Waals surface area contributed by atoms with Gasteiger partial charge in [-0.05, 0) is 53.9 Å². The summed E-state index contributed by atoms with van der Waals surface area (Å²) < 4.78 is 19.2. The van der Waals surface area contributed by atoms with Crippen LogP contribution in [0.5, 0.6) is 0 Å². The summed E-state index contributed by atoms with van der Waals surface area (Å²) in [5, 5.41) is 2.62. The Kier molecular flexibility index (Phi) is 3.95. The van der Waals surface area contributed by atoms with Crippen molar-refractivity contribution in [2.24, 2.45) is 5.41 Å². The molecule has 2 aliphatic rings. The van der Waals surface area contributed by atoms with Gasteiger partial charge in [0.05, 0.1) is 12.0 Å². The zero-order valence-corrected chi connectivity index (χ0v) is 17.8. The Hall–Kier alpha value is -1.20. The molecule has 4 heteroatoms. The van der Waals surface area contributed by atoms with Gasteiger partial charge < -0.3 is 13.9 Å². The fraction of sp³-hybridized carbons (Fsp3) is 0.545. The highest BCUT2D eigenvalue weighted by atomic mass is 28.4. The third-order valence-corrected chi connectivity index (χ3v) is 11.1. The third-order valence-electron chi connectivity index (χ3n) is 6.74. The second-order valence-corrected chi connectivity index (χ2v) is 14.3. The quantitative estimate of drug-likeness (QED) is 0.619. The van der Waals surface area contributed by atoms with Crippen LogP contribution in [0.25, 0.3) is 10.8 Å². The topological polar surface area (TPSA) is 27.7 Å². The van der Waals surface area contributed by atoms with Crippen molar-refractivity contribution in [3.63, 3.8) is 0 Å². The predicted octanol–water partition coefficient (Wildman–Crippen LogP) is 6.01. The summed E-state index contributed by atoms with van der Waals surface area (Å²) in [6.07, 6.45) is 0.971. The third kappa shape index (κ3) is 2.50. The smallest absolute Gasteiger partial charge is 0.282 e. The first-order valence-electron chi connectivity index (χ1n) is 9.59. The van der Waals surface area contributed by atoms with Crippen LogP contribution in [0, 0.1) is 5.41 Å². The molecule has 140 valence electrons. The highest BCUT2D eigenvalue weighted by molar-refractivity contribution is 6.74. The van der Waals surface area contributed by atoms with Crippen molar-refractivity contribution in [3.05, 3.63) is 48.0 Å². The van der Waals surface area contributed by atoms with Crippen LogP contribution in [0.4, 0.5) is 0 Å². The largest absolute Gasteiger partial charge is 0.368 e. The number of rotatable bonds is 3. The minimum absolute atomic E-state index is 0.0133. The molecule has 2 aromatic carbocycles. The molecule has 2 saturated heterocycles. The Morgan fingerprint density at radius 2 is 1.77 bits per heavy atom. The van der Waals surface area contributed by atoms with Crippen LogP contribution in [0.3, 0.4) is 0 Å². The molecule has 0 aromatic heterocycles. The summed E-state index contributed by atoms with van der Waals surface area (Å²) in [6.45, 7) is 14.2. The van der Waals surface area contributed by atoms with Gasteiger partial charge in [0.25, 0.3) is 5.97 Å². The van der Waals surface area contributed by atoms with Crippen LogP contribution in [-0.2, 0) is 13.9 Å². The van der Waals surface area contributed by atoms with Crippen molar-refractivity contribution in [1.29, 1.82) is 0 Å². The van der Waals surface area contributed by atoms with Crippen molar-refractivity contribution in [1.82, 2.24) is 0 Å². The monoisotopic (exact) mass is 370 g/mol. The molecular formula is C22H30O3Si. The van der Waals surface area contributed by atoms with Crippen LogP contribution in [0.15, 0.2) is 42.5 Å². The molecule has 0 aliphatic carbocycles. The molecule has 2 fully saturated rings. The van der Waals surface area contributed by atoms with Crippen LogP contribution in [-0.4, -0.2) is 20.9 Å². The molecule has 4 rings (SSSR count). The van der Waals surface area contributed by atoms with E-state index in [1.165, 1.54) is 16.3 Å². The van der Waals surface area contributed by atoms with E-state index >= 15 is 0 Å². The number of benzene rings is 2. The lowest BCUT2D eigenvalue weighted by Gasteiger charge is -2.59. The van der Waals surface area contributed by atoms with Crippen LogP contribution in [0.1, 0.15) is 45.8 Å². The lowest BCUT2D eigenvalue weighted by Crippen LogP contribution is -2.66. The molecule has 2 aliphatic heterocycles. The number of hydrogen-bond donors (Lipinski definition) is 0. The van der Waals surface area contributed by atoms with Gasteiger partial charge in [0.2, 0.25) is 0 Å². The van der Waals surface area contributed by atoms with E-state index in [2.05, 4.69) is 83.3 Å². The Morgan fingerprint density at radius 3 is 2.46 bits per heavy atom. The van der Waals surface area contributed by atoms with Gasteiger partial charge in [-0.3, -0.25) is 0 Å². The average molecular weight is 371 g/mol. The van der Waals surface area contributed by atoms with Crippen molar-refractivity contribution < 1.29 is 13.9 Å². The fourth-order valence-corrected chi connectivity index (χ4v) is 5.19. The van der Waals surface area contributed by atoms with Crippen LogP contribution < -0.4 is 0 Å². The van der Waals surface area contributed by atoms with Gasteiger partial charge in [-0.1, -0.05) is 57.2 Å². The molecule has 0 N–H and O–H groups in total. The van der Waals surface area contributed by atoms with E-state index in [1.54, 1.807) is 0 Å². The number of hydrogen-bond acceptors (Lipinski definition) is 3. The predicted molar refractivity (Wildman–Crippen MR) is 107 cm³/mol. The summed E-state index contributed by atoms with van der Waals surface area (Å²) in [5.41, 5.74) is 1.07. The van der Waals surface area contributed by atoms with Crippen LogP contribution >= 0.6 is 0 Å². The molecule has 2 heterocycles. The number of ether oxygens (including phenoxy) is 2. The SMILES string of the molecule is CC(C)(C)[Si](C)(C)O[C@@]12OCC[C@]1(C)[C@@H](c1ccc3ccccc3c1)O2. The second-order valence-electron chi connectivity index (χ2n) is 9.54. The van der Waals surface area contributed by atoms with Gasteiger partial charge in [0.1, 0.15) is 6.10 Å². The molecule has 0 bridgehead atoms. The van der Waals surface area contributed by atoms with E-state index < -0.39 is 14.3 Å². The first kappa shape index (κ1) is 18.2. The van der Waals surface area contributed by atoms with E-state index in [0.29, 0.717) is 6.61 Å². The molecule has 0 radical (unpaired) electrons. The first-order valence-corrected chi connectivity index (χ1v) is 12.5. The van der Waals surface area contributed by atoms with E-state index in [1.807, 2.05) is 0 Å². The molecule has 2 aromatic rings. The first-order chi connectivity index (χ1) is 12.1. The molecule has 0 saturated carbocycles. The molecule has 26 heavy (non-hydrogen) atoms. The van der Waals surface area contributed by atoms with Gasteiger partial charge in [0.15, 0.2) is 8.32 Å². The zero-order valence-electron chi connectivity index (χ0n) is 16.8. The van der Waals surface area contributed by atoms with E-state index in [0.717, 1.165) is 6.42 Å². The van der Waals surface area contributed by atoms with Gasteiger partial charge in [-0.25, -0.2) is 0 Å². The molecule has 0 amide bonds. The van der Waals surface area contributed by atoms with E-state index in [9.17, 15) is 0 Å².